The number of benzene rings is 1. The highest BCUT2D eigenvalue weighted by Gasteiger charge is 2.22. The zero-order valence-electron chi connectivity index (χ0n) is 13.2. The van der Waals surface area contributed by atoms with Crippen molar-refractivity contribution < 1.29 is 0 Å². The summed E-state index contributed by atoms with van der Waals surface area (Å²) in [5, 5.41) is 1.57. The summed E-state index contributed by atoms with van der Waals surface area (Å²) in [5.41, 5.74) is 1.48. The van der Waals surface area contributed by atoms with Crippen LogP contribution in [-0.2, 0) is 6.54 Å². The van der Waals surface area contributed by atoms with Crippen LogP contribution in [0.4, 0.5) is 0 Å². The van der Waals surface area contributed by atoms with E-state index in [1.54, 1.807) is 5.19 Å². The SMILES string of the molecule is CC1CCN(Cc2ccc([Si](C)(C)C)cc2)CC1C. The van der Waals surface area contributed by atoms with Gasteiger partial charge in [-0.1, -0.05) is 62.9 Å². The van der Waals surface area contributed by atoms with Gasteiger partial charge >= 0.3 is 0 Å². The zero-order valence-corrected chi connectivity index (χ0v) is 14.2. The fourth-order valence-corrected chi connectivity index (χ4v) is 4.03. The van der Waals surface area contributed by atoms with E-state index in [9.17, 15) is 0 Å². The fourth-order valence-electron chi connectivity index (χ4n) is 2.86. The summed E-state index contributed by atoms with van der Waals surface area (Å²) in [6, 6.07) is 9.40. The van der Waals surface area contributed by atoms with Gasteiger partial charge in [0.2, 0.25) is 0 Å². The van der Waals surface area contributed by atoms with Gasteiger partial charge in [-0.25, -0.2) is 0 Å². The lowest BCUT2D eigenvalue weighted by Gasteiger charge is -2.35. The molecule has 1 aromatic carbocycles. The first kappa shape index (κ1) is 14.8. The molecule has 0 N–H and O–H groups in total. The molecule has 0 bridgehead atoms. The van der Waals surface area contributed by atoms with E-state index in [1.165, 1.54) is 25.1 Å². The molecule has 0 spiro atoms. The zero-order chi connectivity index (χ0) is 14.0. The second-order valence-electron chi connectivity index (χ2n) is 7.43. The van der Waals surface area contributed by atoms with Crippen LogP contribution in [0.25, 0.3) is 0 Å². The third kappa shape index (κ3) is 3.93. The van der Waals surface area contributed by atoms with Gasteiger partial charge in [0, 0.05) is 13.1 Å². The molecule has 1 heterocycles. The molecule has 106 valence electrons. The minimum absolute atomic E-state index is 0.843. The Morgan fingerprint density at radius 3 is 2.21 bits per heavy atom. The molecule has 0 radical (unpaired) electrons. The molecule has 1 nitrogen and oxygen atoms in total. The number of rotatable bonds is 3. The Labute approximate surface area is 120 Å². The largest absolute Gasteiger partial charge is 0.299 e. The summed E-state index contributed by atoms with van der Waals surface area (Å²) in [6.07, 6.45) is 1.36. The van der Waals surface area contributed by atoms with Gasteiger partial charge in [-0.15, -0.1) is 0 Å². The predicted octanol–water partition coefficient (Wildman–Crippen LogP) is 3.71. The summed E-state index contributed by atoms with van der Waals surface area (Å²) in [4.78, 5) is 2.62. The molecule has 0 saturated carbocycles. The molecule has 1 aliphatic heterocycles. The summed E-state index contributed by atoms with van der Waals surface area (Å²) < 4.78 is 0. The van der Waals surface area contributed by atoms with Crippen LogP contribution in [0.3, 0.4) is 0 Å². The quantitative estimate of drug-likeness (QED) is 0.760. The van der Waals surface area contributed by atoms with Gasteiger partial charge in [0.05, 0.1) is 8.07 Å². The van der Waals surface area contributed by atoms with Crippen molar-refractivity contribution in [1.82, 2.24) is 4.90 Å². The first-order chi connectivity index (χ1) is 8.86. The van der Waals surface area contributed by atoms with Gasteiger partial charge < -0.3 is 0 Å². The molecule has 1 aliphatic rings. The highest BCUT2D eigenvalue weighted by atomic mass is 28.3. The van der Waals surface area contributed by atoms with E-state index in [4.69, 9.17) is 0 Å². The summed E-state index contributed by atoms with van der Waals surface area (Å²) >= 11 is 0. The number of hydrogen-bond donors (Lipinski definition) is 0. The smallest absolute Gasteiger partial charge is 0.0775 e. The molecule has 0 amide bonds. The summed E-state index contributed by atoms with van der Waals surface area (Å²) in [7, 11) is -1.14. The topological polar surface area (TPSA) is 3.24 Å². The third-order valence-corrected chi connectivity index (χ3v) is 6.71. The van der Waals surface area contributed by atoms with Crippen LogP contribution in [0.2, 0.25) is 19.6 Å². The Balaban J connectivity index is 1.97. The van der Waals surface area contributed by atoms with Crippen molar-refractivity contribution in [2.24, 2.45) is 11.8 Å². The molecule has 1 fully saturated rings. The highest BCUT2D eigenvalue weighted by Crippen LogP contribution is 2.23. The normalized spacial score (nSPS) is 25.5. The van der Waals surface area contributed by atoms with Crippen LogP contribution in [0.5, 0.6) is 0 Å². The van der Waals surface area contributed by atoms with Crippen molar-refractivity contribution in [3.8, 4) is 0 Å². The average molecular weight is 276 g/mol. The van der Waals surface area contributed by atoms with Gasteiger partial charge in [0.15, 0.2) is 0 Å². The van der Waals surface area contributed by atoms with E-state index >= 15 is 0 Å². The first-order valence-electron chi connectivity index (χ1n) is 7.68. The maximum Gasteiger partial charge on any atom is 0.0775 e. The second kappa shape index (κ2) is 5.80. The molecule has 2 atom stereocenters. The van der Waals surface area contributed by atoms with Crippen molar-refractivity contribution in [3.05, 3.63) is 29.8 Å². The van der Waals surface area contributed by atoms with Crippen molar-refractivity contribution >= 4 is 13.3 Å². The monoisotopic (exact) mass is 275 g/mol. The lowest BCUT2D eigenvalue weighted by atomic mass is 9.88. The molecule has 1 aromatic rings. The van der Waals surface area contributed by atoms with E-state index in [-0.39, 0.29) is 0 Å². The molecule has 0 aliphatic carbocycles. The summed E-state index contributed by atoms with van der Waals surface area (Å²) in [5.74, 6) is 1.74. The van der Waals surface area contributed by atoms with Crippen LogP contribution in [-0.4, -0.2) is 26.1 Å². The number of hydrogen-bond acceptors (Lipinski definition) is 1. The Bertz CT molecular complexity index is 404. The van der Waals surface area contributed by atoms with E-state index < -0.39 is 8.07 Å². The number of piperidine rings is 1. The Hall–Kier alpha value is -0.603. The maximum atomic E-state index is 2.62. The van der Waals surface area contributed by atoms with Gasteiger partial charge in [-0.2, -0.15) is 0 Å². The standard InChI is InChI=1S/C17H29NSi/c1-14-10-11-18(12-15(14)2)13-16-6-8-17(9-7-16)19(3,4)5/h6-9,14-15H,10-13H2,1-5H3. The maximum absolute atomic E-state index is 2.62. The minimum atomic E-state index is -1.14. The van der Waals surface area contributed by atoms with Crippen LogP contribution in [0, 0.1) is 11.8 Å². The molecule has 19 heavy (non-hydrogen) atoms. The molecule has 1 saturated heterocycles. The van der Waals surface area contributed by atoms with Crippen LogP contribution >= 0.6 is 0 Å². The van der Waals surface area contributed by atoms with Gasteiger partial charge in [-0.3, -0.25) is 4.90 Å². The minimum Gasteiger partial charge on any atom is -0.299 e. The molecule has 2 unspecified atom stereocenters. The van der Waals surface area contributed by atoms with Gasteiger partial charge in [0.25, 0.3) is 0 Å². The Kier molecular flexibility index (Phi) is 4.52. The predicted molar refractivity (Wildman–Crippen MR) is 87.6 cm³/mol. The molecule has 2 heteroatoms. The lowest BCUT2D eigenvalue weighted by Crippen LogP contribution is -2.38. The molecule has 2 rings (SSSR count). The molecular formula is C17H29NSi. The lowest BCUT2D eigenvalue weighted by molar-refractivity contribution is 0.132. The highest BCUT2D eigenvalue weighted by molar-refractivity contribution is 6.88. The Morgan fingerprint density at radius 2 is 1.68 bits per heavy atom. The van der Waals surface area contributed by atoms with Crippen molar-refractivity contribution in [1.29, 1.82) is 0 Å². The van der Waals surface area contributed by atoms with E-state index in [1.807, 2.05) is 0 Å². The van der Waals surface area contributed by atoms with Crippen LogP contribution in [0.1, 0.15) is 25.8 Å². The van der Waals surface area contributed by atoms with Crippen LogP contribution in [0.15, 0.2) is 24.3 Å². The Morgan fingerprint density at radius 1 is 1.05 bits per heavy atom. The van der Waals surface area contributed by atoms with Gasteiger partial charge in [0.1, 0.15) is 0 Å². The first-order valence-corrected chi connectivity index (χ1v) is 11.2. The second-order valence-corrected chi connectivity index (χ2v) is 12.5. The fraction of sp³-hybridized carbons (Fsp3) is 0.647. The number of likely N-dealkylation sites (tertiary alicyclic amines) is 1. The van der Waals surface area contributed by atoms with Gasteiger partial charge in [-0.05, 0) is 30.4 Å². The number of nitrogens with zero attached hydrogens (tertiary/aromatic N) is 1. The van der Waals surface area contributed by atoms with E-state index in [2.05, 4.69) is 62.7 Å². The van der Waals surface area contributed by atoms with Crippen molar-refractivity contribution in [2.45, 2.75) is 46.5 Å². The average Bonchev–Trinajstić information content (AvgIpc) is 2.33. The molecular weight excluding hydrogens is 246 g/mol. The molecule has 0 aromatic heterocycles. The van der Waals surface area contributed by atoms with E-state index in [0.717, 1.165) is 18.4 Å². The van der Waals surface area contributed by atoms with Crippen molar-refractivity contribution in [2.75, 3.05) is 13.1 Å². The van der Waals surface area contributed by atoms with Crippen LogP contribution < -0.4 is 5.19 Å². The van der Waals surface area contributed by atoms with E-state index in [0.29, 0.717) is 0 Å². The third-order valence-electron chi connectivity index (χ3n) is 4.64. The summed E-state index contributed by atoms with van der Waals surface area (Å²) in [6.45, 7) is 15.7. The van der Waals surface area contributed by atoms with Crippen molar-refractivity contribution in [3.63, 3.8) is 0 Å².